The van der Waals surface area contributed by atoms with Crippen LogP contribution >= 0.6 is 0 Å². The molecule has 0 rings (SSSR count). The molecule has 6 heteroatoms. The second kappa shape index (κ2) is 23.3. The minimum atomic E-state index is -0.125. The molecule has 15 heavy (non-hydrogen) atoms. The SMILES string of the molecule is C=C(C)N.OCCNCCO.OCCO. The standard InChI is InChI=1S/C4H11NO2.C3H7N.C2H6O2/c6-3-1-5-2-4-7;1-3(2)4;3-1-2-4/h5-7H,1-4H2;1,4H2,2H3;3-4H,1-2H2. The smallest absolute Gasteiger partial charge is 0.0662 e. The summed E-state index contributed by atoms with van der Waals surface area (Å²) in [6, 6.07) is 0. The lowest BCUT2D eigenvalue weighted by molar-refractivity contribution is 0.186. The minimum absolute atomic E-state index is 0.125. The van der Waals surface area contributed by atoms with E-state index >= 15 is 0 Å². The van der Waals surface area contributed by atoms with E-state index in [1.54, 1.807) is 6.92 Å². The van der Waals surface area contributed by atoms with Crippen molar-refractivity contribution in [3.63, 3.8) is 0 Å². The Morgan fingerprint density at radius 2 is 1.27 bits per heavy atom. The predicted molar refractivity (Wildman–Crippen MR) is 60.2 cm³/mol. The normalized spacial score (nSPS) is 8.07. The van der Waals surface area contributed by atoms with Crippen LogP contribution in [0.5, 0.6) is 0 Å². The van der Waals surface area contributed by atoms with Crippen LogP contribution < -0.4 is 11.1 Å². The average molecular weight is 224 g/mol. The van der Waals surface area contributed by atoms with Gasteiger partial charge in [-0.25, -0.2) is 0 Å². The lowest BCUT2D eigenvalue weighted by Crippen LogP contribution is -2.21. The molecule has 0 aliphatic carbocycles. The van der Waals surface area contributed by atoms with Crippen LogP contribution in [0.2, 0.25) is 0 Å². The molecule has 0 aliphatic rings. The van der Waals surface area contributed by atoms with E-state index < -0.39 is 0 Å². The van der Waals surface area contributed by atoms with Gasteiger partial charge in [-0.2, -0.15) is 0 Å². The van der Waals surface area contributed by atoms with Crippen LogP contribution in [0.1, 0.15) is 6.92 Å². The molecular weight excluding hydrogens is 200 g/mol. The maximum absolute atomic E-state index is 8.15. The predicted octanol–water partition coefficient (Wildman–Crippen LogP) is -1.99. The van der Waals surface area contributed by atoms with Crippen LogP contribution in [0, 0.1) is 0 Å². The molecule has 0 saturated heterocycles. The van der Waals surface area contributed by atoms with Gasteiger partial charge in [0.15, 0.2) is 0 Å². The third-order valence-corrected chi connectivity index (χ3v) is 0.677. The first kappa shape index (κ1) is 19.8. The molecule has 94 valence electrons. The molecule has 6 nitrogen and oxygen atoms in total. The number of aliphatic hydroxyl groups is 4. The molecule has 0 fully saturated rings. The van der Waals surface area contributed by atoms with E-state index in [1.165, 1.54) is 0 Å². The molecule has 0 amide bonds. The maximum Gasteiger partial charge on any atom is 0.0662 e. The average Bonchev–Trinajstić information content (AvgIpc) is 2.18. The van der Waals surface area contributed by atoms with Gasteiger partial charge in [0.25, 0.3) is 0 Å². The summed E-state index contributed by atoms with van der Waals surface area (Å²) in [6.45, 7) is 6.25. The van der Waals surface area contributed by atoms with Crippen molar-refractivity contribution in [1.29, 1.82) is 0 Å². The lowest BCUT2D eigenvalue weighted by Gasteiger charge is -1.94. The second-order valence-electron chi connectivity index (χ2n) is 2.49. The summed E-state index contributed by atoms with van der Waals surface area (Å²) in [5.74, 6) is 0. The van der Waals surface area contributed by atoms with Crippen LogP contribution in [-0.2, 0) is 0 Å². The van der Waals surface area contributed by atoms with E-state index in [1.807, 2.05) is 0 Å². The van der Waals surface area contributed by atoms with Crippen molar-refractivity contribution in [2.24, 2.45) is 5.73 Å². The Morgan fingerprint density at radius 3 is 1.40 bits per heavy atom. The highest BCUT2D eigenvalue weighted by molar-refractivity contribution is 4.76. The van der Waals surface area contributed by atoms with Gasteiger partial charge >= 0.3 is 0 Å². The van der Waals surface area contributed by atoms with Gasteiger partial charge < -0.3 is 31.5 Å². The van der Waals surface area contributed by atoms with Gasteiger partial charge in [0.05, 0.1) is 26.4 Å². The van der Waals surface area contributed by atoms with Crippen LogP contribution in [0.25, 0.3) is 0 Å². The third kappa shape index (κ3) is 91.1. The minimum Gasteiger partial charge on any atom is -0.403 e. The molecule has 0 aromatic carbocycles. The van der Waals surface area contributed by atoms with Crippen molar-refractivity contribution >= 4 is 0 Å². The largest absolute Gasteiger partial charge is 0.403 e. The summed E-state index contributed by atoms with van der Waals surface area (Å²) in [5.41, 5.74) is 5.58. The molecule has 0 saturated carbocycles. The lowest BCUT2D eigenvalue weighted by atomic mass is 10.6. The monoisotopic (exact) mass is 224 g/mol. The Bertz CT molecular complexity index is 102. The van der Waals surface area contributed by atoms with Crippen LogP contribution in [0.3, 0.4) is 0 Å². The van der Waals surface area contributed by atoms with Crippen molar-refractivity contribution in [3.8, 4) is 0 Å². The number of allylic oxidation sites excluding steroid dienone is 1. The number of nitrogens with one attached hydrogen (secondary N) is 1. The Labute approximate surface area is 91.0 Å². The van der Waals surface area contributed by atoms with Gasteiger partial charge in [-0.15, -0.1) is 0 Å². The number of hydrogen-bond acceptors (Lipinski definition) is 6. The summed E-state index contributed by atoms with van der Waals surface area (Å²) >= 11 is 0. The van der Waals surface area contributed by atoms with Gasteiger partial charge in [-0.05, 0) is 12.6 Å². The van der Waals surface area contributed by atoms with Gasteiger partial charge in [-0.1, -0.05) is 6.58 Å². The van der Waals surface area contributed by atoms with Gasteiger partial charge in [0, 0.05) is 13.1 Å². The first-order chi connectivity index (χ1) is 7.06. The van der Waals surface area contributed by atoms with Crippen LogP contribution in [0.15, 0.2) is 12.3 Å². The fraction of sp³-hybridized carbons (Fsp3) is 0.778. The van der Waals surface area contributed by atoms with Crippen molar-refractivity contribution in [1.82, 2.24) is 5.32 Å². The number of rotatable bonds is 5. The third-order valence-electron chi connectivity index (χ3n) is 0.677. The van der Waals surface area contributed by atoms with Crippen LogP contribution in [0.4, 0.5) is 0 Å². The fourth-order valence-corrected chi connectivity index (χ4v) is 0.283. The van der Waals surface area contributed by atoms with Crippen molar-refractivity contribution in [2.75, 3.05) is 39.5 Å². The summed E-state index contributed by atoms with van der Waals surface area (Å²) in [6.07, 6.45) is 0. The number of nitrogens with two attached hydrogens (primary N) is 1. The Morgan fingerprint density at radius 1 is 1.00 bits per heavy atom. The van der Waals surface area contributed by atoms with Gasteiger partial charge in [-0.3, -0.25) is 0 Å². The van der Waals surface area contributed by atoms with E-state index in [4.69, 9.17) is 26.2 Å². The molecule has 0 bridgehead atoms. The summed E-state index contributed by atoms with van der Waals surface area (Å²) < 4.78 is 0. The second-order valence-corrected chi connectivity index (χ2v) is 2.49. The van der Waals surface area contributed by atoms with Crippen molar-refractivity contribution in [2.45, 2.75) is 6.92 Å². The summed E-state index contributed by atoms with van der Waals surface area (Å²) in [5, 5.41) is 34.3. The molecule has 0 radical (unpaired) electrons. The highest BCUT2D eigenvalue weighted by Crippen LogP contribution is 1.59. The maximum atomic E-state index is 8.15. The zero-order chi connectivity index (χ0) is 12.5. The van der Waals surface area contributed by atoms with Crippen molar-refractivity contribution < 1.29 is 20.4 Å². The summed E-state index contributed by atoms with van der Waals surface area (Å²) in [4.78, 5) is 0. The Kier molecular flexibility index (Phi) is 30.8. The van der Waals surface area contributed by atoms with Gasteiger partial charge in [0.2, 0.25) is 0 Å². The molecule has 0 heterocycles. The molecule has 0 spiro atoms. The van der Waals surface area contributed by atoms with E-state index in [2.05, 4.69) is 11.9 Å². The molecular formula is C9H24N2O4. The van der Waals surface area contributed by atoms with E-state index in [0.29, 0.717) is 18.8 Å². The molecule has 0 atom stereocenters. The quantitative estimate of drug-likeness (QED) is 0.301. The van der Waals surface area contributed by atoms with E-state index in [0.717, 1.165) is 0 Å². The first-order valence-electron chi connectivity index (χ1n) is 4.61. The van der Waals surface area contributed by atoms with Crippen molar-refractivity contribution in [3.05, 3.63) is 12.3 Å². The Balaban J connectivity index is -0.000000155. The summed E-state index contributed by atoms with van der Waals surface area (Å²) in [7, 11) is 0. The van der Waals surface area contributed by atoms with E-state index in [-0.39, 0.29) is 26.4 Å². The zero-order valence-corrected chi connectivity index (χ0v) is 9.32. The molecule has 7 N–H and O–H groups in total. The molecule has 0 aromatic rings. The number of hydrogen-bond donors (Lipinski definition) is 6. The van der Waals surface area contributed by atoms with Gasteiger partial charge in [0.1, 0.15) is 0 Å². The Hall–Kier alpha value is -0.660. The van der Waals surface area contributed by atoms with Crippen LogP contribution in [-0.4, -0.2) is 59.9 Å². The topological polar surface area (TPSA) is 119 Å². The first-order valence-corrected chi connectivity index (χ1v) is 4.61. The molecule has 0 aromatic heterocycles. The molecule has 0 aliphatic heterocycles. The number of aliphatic hydroxyl groups excluding tert-OH is 4. The van der Waals surface area contributed by atoms with E-state index in [9.17, 15) is 0 Å². The highest BCUT2D eigenvalue weighted by Gasteiger charge is 1.78. The zero-order valence-electron chi connectivity index (χ0n) is 9.32. The highest BCUT2D eigenvalue weighted by atomic mass is 16.3. The molecule has 0 unspecified atom stereocenters. The fourth-order valence-electron chi connectivity index (χ4n) is 0.283.